The summed E-state index contributed by atoms with van der Waals surface area (Å²) in [5.41, 5.74) is 1.11. The monoisotopic (exact) mass is 405 g/mol. The van der Waals surface area contributed by atoms with E-state index >= 15 is 0 Å². The van der Waals surface area contributed by atoms with Gasteiger partial charge in [0.1, 0.15) is 11.3 Å². The lowest BCUT2D eigenvalue weighted by atomic mass is 10.1. The molecule has 2 aromatic heterocycles. The Morgan fingerprint density at radius 3 is 2.79 bits per heavy atom. The molecule has 4 rings (SSSR count). The third-order valence-electron chi connectivity index (χ3n) is 3.75. The number of alkyl halides is 2. The van der Waals surface area contributed by atoms with Crippen LogP contribution in [-0.4, -0.2) is 33.1 Å². The van der Waals surface area contributed by atoms with Gasteiger partial charge in [0.15, 0.2) is 5.76 Å². The molecule has 28 heavy (non-hydrogen) atoms. The molecule has 0 unspecified atom stereocenters. The molecular weight excluding hydrogens is 396 g/mol. The number of aromatic amines is 1. The molecule has 4 aromatic rings. The Hall–Kier alpha value is -3.53. The Balaban J connectivity index is 1.54. The van der Waals surface area contributed by atoms with Gasteiger partial charge in [0.05, 0.1) is 5.02 Å². The van der Waals surface area contributed by atoms with E-state index in [4.69, 9.17) is 16.0 Å². The number of H-pyrrole nitrogens is 1. The maximum atomic E-state index is 12.5. The summed E-state index contributed by atoms with van der Waals surface area (Å²) >= 11 is 5.89. The number of furan rings is 1. The van der Waals surface area contributed by atoms with Gasteiger partial charge in [0, 0.05) is 16.6 Å². The van der Waals surface area contributed by atoms with Crippen molar-refractivity contribution in [1.29, 1.82) is 0 Å². The van der Waals surface area contributed by atoms with Crippen molar-refractivity contribution in [3.05, 3.63) is 53.1 Å². The van der Waals surface area contributed by atoms with E-state index in [9.17, 15) is 13.6 Å². The fourth-order valence-electron chi connectivity index (χ4n) is 2.52. The number of hydrogen-bond acceptors (Lipinski definition) is 6. The minimum atomic E-state index is -2.99. The number of halogens is 3. The first-order valence-electron chi connectivity index (χ1n) is 7.83. The molecule has 2 N–H and O–H groups in total. The zero-order valence-electron chi connectivity index (χ0n) is 13.8. The van der Waals surface area contributed by atoms with Gasteiger partial charge >= 0.3 is 6.61 Å². The first-order chi connectivity index (χ1) is 13.5. The quantitative estimate of drug-likeness (QED) is 0.517. The molecule has 11 heteroatoms. The zero-order chi connectivity index (χ0) is 19.7. The first-order valence-corrected chi connectivity index (χ1v) is 8.20. The third kappa shape index (κ3) is 3.62. The highest BCUT2D eigenvalue weighted by Crippen LogP contribution is 2.30. The number of benzene rings is 2. The highest BCUT2D eigenvalue weighted by atomic mass is 35.5. The second-order valence-corrected chi connectivity index (χ2v) is 5.98. The molecule has 0 fully saturated rings. The van der Waals surface area contributed by atoms with Gasteiger partial charge in [-0.05, 0) is 41.6 Å². The average Bonchev–Trinajstić information content (AvgIpc) is 3.32. The molecule has 0 saturated carbocycles. The second kappa shape index (κ2) is 7.24. The van der Waals surface area contributed by atoms with Gasteiger partial charge in [-0.2, -0.15) is 14.0 Å². The van der Waals surface area contributed by atoms with Gasteiger partial charge in [0.2, 0.25) is 5.82 Å². The number of nitrogens with zero attached hydrogens (tertiary/aromatic N) is 3. The molecule has 1 amide bonds. The van der Waals surface area contributed by atoms with Gasteiger partial charge in [-0.1, -0.05) is 17.7 Å². The van der Waals surface area contributed by atoms with E-state index in [2.05, 4.69) is 30.7 Å². The van der Waals surface area contributed by atoms with Crippen LogP contribution < -0.4 is 10.1 Å². The minimum absolute atomic E-state index is 0.0515. The minimum Gasteiger partial charge on any atom is -0.453 e. The fourth-order valence-corrected chi connectivity index (χ4v) is 2.75. The van der Waals surface area contributed by atoms with Crippen molar-refractivity contribution in [2.24, 2.45) is 0 Å². The second-order valence-electron chi connectivity index (χ2n) is 5.58. The van der Waals surface area contributed by atoms with Crippen LogP contribution in [0.3, 0.4) is 0 Å². The Labute approximate surface area is 160 Å². The molecule has 142 valence electrons. The van der Waals surface area contributed by atoms with Crippen molar-refractivity contribution >= 4 is 34.2 Å². The van der Waals surface area contributed by atoms with Crippen LogP contribution in [0.1, 0.15) is 10.4 Å². The van der Waals surface area contributed by atoms with Gasteiger partial charge in [-0.3, -0.25) is 4.79 Å². The molecule has 8 nitrogen and oxygen atoms in total. The number of carbonyl (C=O) groups excluding carboxylic acids is 1. The predicted molar refractivity (Wildman–Crippen MR) is 95.4 cm³/mol. The van der Waals surface area contributed by atoms with Crippen LogP contribution in [0.25, 0.3) is 22.6 Å². The van der Waals surface area contributed by atoms with Crippen LogP contribution in [0.15, 0.2) is 46.9 Å². The molecule has 0 bridgehead atoms. The number of tetrazole rings is 1. The molecule has 0 atom stereocenters. The first kappa shape index (κ1) is 17.9. The van der Waals surface area contributed by atoms with Crippen molar-refractivity contribution in [3.8, 4) is 17.3 Å². The molecule has 0 saturated heterocycles. The Kier molecular flexibility index (Phi) is 4.62. The van der Waals surface area contributed by atoms with Crippen LogP contribution >= 0.6 is 11.6 Å². The lowest BCUT2D eigenvalue weighted by Gasteiger charge is -2.09. The number of rotatable bonds is 5. The number of aromatic nitrogens is 4. The lowest BCUT2D eigenvalue weighted by Crippen LogP contribution is -2.11. The van der Waals surface area contributed by atoms with E-state index in [1.807, 2.05) is 0 Å². The summed E-state index contributed by atoms with van der Waals surface area (Å²) in [6.45, 7) is -2.99. The number of ether oxygens (including phenoxy) is 1. The maximum absolute atomic E-state index is 12.5. The normalized spacial score (nSPS) is 11.1. The maximum Gasteiger partial charge on any atom is 0.387 e. The largest absolute Gasteiger partial charge is 0.453 e. The van der Waals surface area contributed by atoms with Crippen molar-refractivity contribution in [1.82, 2.24) is 20.6 Å². The van der Waals surface area contributed by atoms with Gasteiger partial charge in [-0.15, -0.1) is 10.2 Å². The third-order valence-corrected chi connectivity index (χ3v) is 4.05. The van der Waals surface area contributed by atoms with Crippen LogP contribution in [0, 0.1) is 0 Å². The smallest absolute Gasteiger partial charge is 0.387 e. The molecule has 2 heterocycles. The highest BCUT2D eigenvalue weighted by Gasteiger charge is 2.14. The van der Waals surface area contributed by atoms with Gasteiger partial charge in [-0.25, -0.2) is 0 Å². The number of hydrogen-bond donors (Lipinski definition) is 2. The zero-order valence-corrected chi connectivity index (χ0v) is 14.6. The molecular formula is C17H10ClF2N5O3. The van der Waals surface area contributed by atoms with Crippen LogP contribution in [0.5, 0.6) is 5.75 Å². The van der Waals surface area contributed by atoms with Gasteiger partial charge in [0.25, 0.3) is 5.91 Å². The molecule has 2 aromatic carbocycles. The van der Waals surface area contributed by atoms with Crippen molar-refractivity contribution < 1.29 is 22.7 Å². The molecule has 0 spiro atoms. The number of carbonyl (C=O) groups is 1. The van der Waals surface area contributed by atoms with Gasteiger partial charge < -0.3 is 14.5 Å². The summed E-state index contributed by atoms with van der Waals surface area (Å²) in [7, 11) is 0. The number of nitrogens with one attached hydrogen (secondary N) is 2. The number of amides is 1. The molecule has 0 aliphatic heterocycles. The molecule has 0 radical (unpaired) electrons. The molecule has 0 aliphatic carbocycles. The van der Waals surface area contributed by atoms with Crippen molar-refractivity contribution in [2.75, 3.05) is 5.32 Å². The van der Waals surface area contributed by atoms with E-state index < -0.39 is 12.5 Å². The standard InChI is InChI=1S/C17H10ClF2N5O3/c18-11-7-10(3-4-12(11)28-17(19)20)21-16(26)9-2-1-8-5-14(27-13(8)6-9)15-22-24-25-23-15/h1-7,17H,(H,21,26)(H,22,23,24,25). The van der Waals surface area contributed by atoms with Crippen molar-refractivity contribution in [3.63, 3.8) is 0 Å². The number of fused-ring (bicyclic) bond motifs is 1. The predicted octanol–water partition coefficient (Wildman–Crippen LogP) is 4.12. The Morgan fingerprint density at radius 1 is 1.21 bits per heavy atom. The topological polar surface area (TPSA) is 106 Å². The van der Waals surface area contributed by atoms with Crippen LogP contribution in [-0.2, 0) is 0 Å². The summed E-state index contributed by atoms with van der Waals surface area (Å²) in [5, 5.41) is 16.8. The van der Waals surface area contributed by atoms with E-state index in [-0.39, 0.29) is 10.8 Å². The Bertz CT molecular complexity index is 1150. The summed E-state index contributed by atoms with van der Waals surface area (Å²) in [5.74, 6) is 0.0873. The summed E-state index contributed by atoms with van der Waals surface area (Å²) in [6, 6.07) is 10.6. The number of anilines is 1. The SMILES string of the molecule is O=C(Nc1ccc(OC(F)F)c(Cl)c1)c1ccc2cc(-c3nn[nH]n3)oc2c1. The summed E-state index contributed by atoms with van der Waals surface area (Å²) < 4.78 is 34.5. The fraction of sp³-hybridized carbons (Fsp3) is 0.0588. The highest BCUT2D eigenvalue weighted by molar-refractivity contribution is 6.32. The van der Waals surface area contributed by atoms with Crippen molar-refractivity contribution in [2.45, 2.75) is 6.61 Å². The van der Waals surface area contributed by atoms with E-state index in [1.54, 1.807) is 24.3 Å². The van der Waals surface area contributed by atoms with E-state index in [1.165, 1.54) is 18.2 Å². The summed E-state index contributed by atoms with van der Waals surface area (Å²) in [6.07, 6.45) is 0. The Morgan fingerprint density at radius 2 is 2.07 bits per heavy atom. The molecule has 0 aliphatic rings. The lowest BCUT2D eigenvalue weighted by molar-refractivity contribution is -0.0497. The van der Waals surface area contributed by atoms with Crippen LogP contribution in [0.4, 0.5) is 14.5 Å². The summed E-state index contributed by atoms with van der Waals surface area (Å²) in [4.78, 5) is 12.5. The van der Waals surface area contributed by atoms with E-state index in [0.29, 0.717) is 28.4 Å². The van der Waals surface area contributed by atoms with Crippen LogP contribution in [0.2, 0.25) is 5.02 Å². The van der Waals surface area contributed by atoms with E-state index in [0.717, 1.165) is 5.39 Å². The average molecular weight is 406 g/mol.